The Balaban J connectivity index is 1.58. The van der Waals surface area contributed by atoms with E-state index < -0.39 is 6.10 Å². The molecule has 1 aromatic rings. The van der Waals surface area contributed by atoms with Crippen LogP contribution in [0.1, 0.15) is 44.1 Å². The van der Waals surface area contributed by atoms with Crippen molar-refractivity contribution < 1.29 is 14.6 Å². The SMILES string of the molecule is CC1c2ccccc2OC1C(=O)NC1CCC(CO)CC1. The monoisotopic (exact) mass is 289 g/mol. The number of fused-ring (bicyclic) bond motifs is 1. The van der Waals surface area contributed by atoms with Crippen molar-refractivity contribution in [2.75, 3.05) is 6.61 Å². The molecule has 2 atom stereocenters. The summed E-state index contributed by atoms with van der Waals surface area (Å²) in [5.74, 6) is 1.32. The van der Waals surface area contributed by atoms with Gasteiger partial charge in [0.15, 0.2) is 6.10 Å². The molecule has 2 aliphatic rings. The third-order valence-corrected chi connectivity index (χ3v) is 4.83. The molecule has 0 radical (unpaired) electrons. The van der Waals surface area contributed by atoms with Gasteiger partial charge in [-0.1, -0.05) is 25.1 Å². The molecule has 1 aromatic carbocycles. The number of aliphatic hydroxyl groups excluding tert-OH is 1. The Morgan fingerprint density at radius 1 is 1.29 bits per heavy atom. The summed E-state index contributed by atoms with van der Waals surface area (Å²) in [5.41, 5.74) is 1.11. The molecule has 1 fully saturated rings. The fourth-order valence-corrected chi connectivity index (χ4v) is 3.42. The molecule has 1 amide bonds. The summed E-state index contributed by atoms with van der Waals surface area (Å²) in [6.45, 7) is 2.30. The summed E-state index contributed by atoms with van der Waals surface area (Å²) in [4.78, 5) is 12.5. The van der Waals surface area contributed by atoms with E-state index in [2.05, 4.69) is 5.32 Å². The Kier molecular flexibility index (Phi) is 4.15. The van der Waals surface area contributed by atoms with Gasteiger partial charge in [-0.25, -0.2) is 0 Å². The van der Waals surface area contributed by atoms with Gasteiger partial charge in [0.1, 0.15) is 5.75 Å². The standard InChI is InChI=1S/C17H23NO3/c1-11-14-4-2-3-5-15(14)21-16(11)17(20)18-13-8-6-12(10-19)7-9-13/h2-5,11-13,16,19H,6-10H2,1H3,(H,18,20). The summed E-state index contributed by atoms with van der Waals surface area (Å²) in [5, 5.41) is 12.3. The number of rotatable bonds is 3. The van der Waals surface area contributed by atoms with Crippen LogP contribution >= 0.6 is 0 Å². The lowest BCUT2D eigenvalue weighted by Crippen LogP contribution is -2.45. The molecule has 2 unspecified atom stereocenters. The minimum absolute atomic E-state index is 0.00820. The number of nitrogens with one attached hydrogen (secondary N) is 1. The van der Waals surface area contributed by atoms with Gasteiger partial charge in [0.25, 0.3) is 5.91 Å². The van der Waals surface area contributed by atoms with Crippen molar-refractivity contribution in [3.63, 3.8) is 0 Å². The van der Waals surface area contributed by atoms with E-state index in [1.165, 1.54) is 0 Å². The second kappa shape index (κ2) is 6.06. The number of hydrogen-bond donors (Lipinski definition) is 2. The summed E-state index contributed by atoms with van der Waals surface area (Å²) >= 11 is 0. The van der Waals surface area contributed by atoms with Crippen molar-refractivity contribution in [2.45, 2.75) is 50.7 Å². The average molecular weight is 289 g/mol. The van der Waals surface area contributed by atoms with E-state index in [-0.39, 0.29) is 24.5 Å². The number of benzene rings is 1. The van der Waals surface area contributed by atoms with E-state index in [9.17, 15) is 4.79 Å². The van der Waals surface area contributed by atoms with E-state index in [0.717, 1.165) is 37.0 Å². The third-order valence-electron chi connectivity index (χ3n) is 4.83. The third kappa shape index (κ3) is 2.91. The van der Waals surface area contributed by atoms with Crippen LogP contribution in [0.15, 0.2) is 24.3 Å². The van der Waals surface area contributed by atoms with Crippen molar-refractivity contribution in [2.24, 2.45) is 5.92 Å². The molecular weight excluding hydrogens is 266 g/mol. The number of carbonyl (C=O) groups is 1. The Morgan fingerprint density at radius 3 is 2.67 bits per heavy atom. The van der Waals surface area contributed by atoms with Crippen LogP contribution in [0.4, 0.5) is 0 Å². The Bertz CT molecular complexity index is 509. The van der Waals surface area contributed by atoms with Crippen molar-refractivity contribution in [1.82, 2.24) is 5.32 Å². The van der Waals surface area contributed by atoms with Gasteiger partial charge in [0.05, 0.1) is 0 Å². The van der Waals surface area contributed by atoms with Gasteiger partial charge in [-0.3, -0.25) is 4.79 Å². The van der Waals surface area contributed by atoms with Crippen molar-refractivity contribution in [3.05, 3.63) is 29.8 Å². The minimum Gasteiger partial charge on any atom is -0.480 e. The zero-order valence-corrected chi connectivity index (χ0v) is 12.4. The Hall–Kier alpha value is -1.55. The van der Waals surface area contributed by atoms with Crippen molar-refractivity contribution in [3.8, 4) is 5.75 Å². The molecule has 1 aliphatic heterocycles. The number of carbonyl (C=O) groups excluding carboxylic acids is 1. The summed E-state index contributed by atoms with van der Waals surface area (Å²) in [6.07, 6.45) is 3.46. The van der Waals surface area contributed by atoms with Gasteiger partial charge in [-0.15, -0.1) is 0 Å². The summed E-state index contributed by atoms with van der Waals surface area (Å²) in [6, 6.07) is 8.09. The number of aliphatic hydroxyl groups is 1. The first kappa shape index (κ1) is 14.4. The van der Waals surface area contributed by atoms with Gasteiger partial charge in [0, 0.05) is 24.1 Å². The van der Waals surface area contributed by atoms with Crippen LogP contribution in [-0.4, -0.2) is 29.8 Å². The summed E-state index contributed by atoms with van der Waals surface area (Å²) in [7, 11) is 0. The van der Waals surface area contributed by atoms with Crippen LogP contribution in [0.25, 0.3) is 0 Å². The normalized spacial score (nSPS) is 31.3. The maximum Gasteiger partial charge on any atom is 0.261 e. The first-order valence-corrected chi connectivity index (χ1v) is 7.86. The van der Waals surface area contributed by atoms with Crippen LogP contribution in [0.5, 0.6) is 5.75 Å². The highest BCUT2D eigenvalue weighted by molar-refractivity contribution is 5.83. The lowest BCUT2D eigenvalue weighted by Gasteiger charge is -2.29. The maximum atomic E-state index is 12.5. The van der Waals surface area contributed by atoms with Crippen molar-refractivity contribution >= 4 is 5.91 Å². The molecular formula is C17H23NO3. The highest BCUT2D eigenvalue weighted by atomic mass is 16.5. The predicted octanol–water partition coefficient (Wildman–Crippen LogP) is 2.22. The molecule has 0 saturated heterocycles. The molecule has 4 heteroatoms. The minimum atomic E-state index is -0.419. The first-order chi connectivity index (χ1) is 10.2. The van der Waals surface area contributed by atoms with E-state index >= 15 is 0 Å². The largest absolute Gasteiger partial charge is 0.480 e. The lowest BCUT2D eigenvalue weighted by atomic mass is 9.86. The fourth-order valence-electron chi connectivity index (χ4n) is 3.42. The molecule has 4 nitrogen and oxygen atoms in total. The number of hydrogen-bond acceptors (Lipinski definition) is 3. The average Bonchev–Trinajstić information content (AvgIpc) is 2.86. The molecule has 1 saturated carbocycles. The van der Waals surface area contributed by atoms with E-state index in [1.54, 1.807) is 0 Å². The molecule has 0 bridgehead atoms. The molecule has 114 valence electrons. The van der Waals surface area contributed by atoms with E-state index in [1.807, 2.05) is 31.2 Å². The Labute approximate surface area is 125 Å². The van der Waals surface area contributed by atoms with Gasteiger partial charge >= 0.3 is 0 Å². The molecule has 2 N–H and O–H groups in total. The quantitative estimate of drug-likeness (QED) is 0.897. The van der Waals surface area contributed by atoms with Crippen LogP contribution in [0, 0.1) is 5.92 Å². The van der Waals surface area contributed by atoms with E-state index in [0.29, 0.717) is 5.92 Å². The molecule has 0 aromatic heterocycles. The van der Waals surface area contributed by atoms with Gasteiger partial charge in [-0.2, -0.15) is 0 Å². The second-order valence-corrected chi connectivity index (χ2v) is 6.27. The summed E-state index contributed by atoms with van der Waals surface area (Å²) < 4.78 is 5.81. The highest BCUT2D eigenvalue weighted by Gasteiger charge is 2.37. The van der Waals surface area contributed by atoms with Crippen LogP contribution in [0.3, 0.4) is 0 Å². The van der Waals surface area contributed by atoms with Crippen LogP contribution < -0.4 is 10.1 Å². The van der Waals surface area contributed by atoms with Crippen LogP contribution in [-0.2, 0) is 4.79 Å². The fraction of sp³-hybridized carbons (Fsp3) is 0.588. The maximum absolute atomic E-state index is 12.5. The van der Waals surface area contributed by atoms with Crippen molar-refractivity contribution in [1.29, 1.82) is 0 Å². The second-order valence-electron chi connectivity index (χ2n) is 6.27. The number of ether oxygens (including phenoxy) is 1. The molecule has 0 spiro atoms. The molecule has 1 aliphatic carbocycles. The Morgan fingerprint density at radius 2 is 2.00 bits per heavy atom. The van der Waals surface area contributed by atoms with E-state index in [4.69, 9.17) is 9.84 Å². The lowest BCUT2D eigenvalue weighted by molar-refractivity contribution is -0.129. The topological polar surface area (TPSA) is 58.6 Å². The van der Waals surface area contributed by atoms with Crippen LogP contribution in [0.2, 0.25) is 0 Å². The zero-order valence-electron chi connectivity index (χ0n) is 12.4. The predicted molar refractivity (Wildman–Crippen MR) is 80.2 cm³/mol. The zero-order chi connectivity index (χ0) is 14.8. The van der Waals surface area contributed by atoms with Gasteiger partial charge in [-0.05, 0) is 37.7 Å². The number of amides is 1. The smallest absolute Gasteiger partial charge is 0.261 e. The van der Waals surface area contributed by atoms with Gasteiger partial charge < -0.3 is 15.2 Å². The molecule has 3 rings (SSSR count). The van der Waals surface area contributed by atoms with Gasteiger partial charge in [0.2, 0.25) is 0 Å². The highest BCUT2D eigenvalue weighted by Crippen LogP contribution is 2.37. The first-order valence-electron chi connectivity index (χ1n) is 7.86. The molecule has 1 heterocycles. The molecule has 21 heavy (non-hydrogen) atoms. The number of para-hydroxylation sites is 1.